The van der Waals surface area contributed by atoms with Crippen LogP contribution < -0.4 is 5.32 Å². The number of nitrogens with one attached hydrogen (secondary N) is 1. The molecule has 0 aromatic carbocycles. The molecular formula is C17H28N4O2. The number of rotatable bonds is 6. The largest absolute Gasteiger partial charge is 0.396 e. The second kappa shape index (κ2) is 7.01. The number of carbonyl (C=O) groups excluding carboxylic acids is 1. The fourth-order valence-corrected chi connectivity index (χ4v) is 3.41. The summed E-state index contributed by atoms with van der Waals surface area (Å²) in [5.41, 5.74) is 1.18. The minimum absolute atomic E-state index is 0.0632. The summed E-state index contributed by atoms with van der Waals surface area (Å²) in [5.74, 6) is 0.501. The number of aromatic nitrogens is 2. The maximum absolute atomic E-state index is 12.2. The zero-order valence-electron chi connectivity index (χ0n) is 14.1. The molecule has 2 aliphatic rings. The summed E-state index contributed by atoms with van der Waals surface area (Å²) in [4.78, 5) is 14.5. The van der Waals surface area contributed by atoms with Gasteiger partial charge in [-0.1, -0.05) is 6.42 Å². The zero-order valence-corrected chi connectivity index (χ0v) is 14.1. The van der Waals surface area contributed by atoms with Crippen molar-refractivity contribution in [1.29, 1.82) is 0 Å². The molecule has 128 valence electrons. The van der Waals surface area contributed by atoms with Crippen LogP contribution in [0.3, 0.4) is 0 Å². The highest BCUT2D eigenvalue weighted by atomic mass is 16.3. The highest BCUT2D eigenvalue weighted by Gasteiger charge is 2.35. The van der Waals surface area contributed by atoms with E-state index in [0.717, 1.165) is 38.9 Å². The molecule has 6 heteroatoms. The van der Waals surface area contributed by atoms with Crippen LogP contribution in [0.2, 0.25) is 0 Å². The molecule has 2 atom stereocenters. The lowest BCUT2D eigenvalue weighted by Gasteiger charge is -2.27. The van der Waals surface area contributed by atoms with Gasteiger partial charge in [0, 0.05) is 61.9 Å². The molecule has 0 bridgehead atoms. The number of amides is 1. The van der Waals surface area contributed by atoms with Crippen molar-refractivity contribution < 1.29 is 9.90 Å². The Labute approximate surface area is 137 Å². The first-order chi connectivity index (χ1) is 11.1. The fourth-order valence-electron chi connectivity index (χ4n) is 3.41. The molecule has 1 saturated heterocycles. The number of hydrogen-bond acceptors (Lipinski definition) is 4. The van der Waals surface area contributed by atoms with Gasteiger partial charge in [-0.05, 0) is 26.7 Å². The van der Waals surface area contributed by atoms with Crippen LogP contribution in [0.4, 0.5) is 0 Å². The maximum atomic E-state index is 12.2. The number of nitrogens with zero attached hydrogens (tertiary/aromatic N) is 3. The molecule has 1 saturated carbocycles. The van der Waals surface area contributed by atoms with Crippen LogP contribution >= 0.6 is 0 Å². The van der Waals surface area contributed by atoms with E-state index in [1.807, 2.05) is 10.9 Å². The molecule has 23 heavy (non-hydrogen) atoms. The summed E-state index contributed by atoms with van der Waals surface area (Å²) < 4.78 is 1.96. The van der Waals surface area contributed by atoms with E-state index in [1.54, 1.807) is 0 Å². The Bertz CT molecular complexity index is 538. The molecule has 0 unspecified atom stereocenters. The first-order valence-electron chi connectivity index (χ1n) is 8.73. The van der Waals surface area contributed by atoms with Gasteiger partial charge in [0.05, 0.1) is 6.20 Å². The van der Waals surface area contributed by atoms with Gasteiger partial charge in [-0.25, -0.2) is 0 Å². The normalized spacial score (nSPS) is 25.7. The van der Waals surface area contributed by atoms with Crippen LogP contribution in [-0.4, -0.2) is 51.4 Å². The molecule has 1 aromatic rings. The predicted octanol–water partition coefficient (Wildman–Crippen LogP) is 1.17. The van der Waals surface area contributed by atoms with E-state index in [4.69, 9.17) is 0 Å². The van der Waals surface area contributed by atoms with E-state index in [1.165, 1.54) is 5.56 Å². The summed E-state index contributed by atoms with van der Waals surface area (Å²) in [6.07, 6.45) is 7.19. The van der Waals surface area contributed by atoms with Gasteiger partial charge in [-0.15, -0.1) is 0 Å². The first kappa shape index (κ1) is 16.5. The number of likely N-dealkylation sites (tertiary alicyclic amines) is 1. The highest BCUT2D eigenvalue weighted by Crippen LogP contribution is 2.27. The van der Waals surface area contributed by atoms with Gasteiger partial charge in [-0.3, -0.25) is 14.4 Å². The van der Waals surface area contributed by atoms with Gasteiger partial charge in [0.1, 0.15) is 0 Å². The lowest BCUT2D eigenvalue weighted by Crippen LogP contribution is -2.45. The Morgan fingerprint density at radius 1 is 1.43 bits per heavy atom. The lowest BCUT2D eigenvalue weighted by molar-refractivity contribution is -0.128. The maximum Gasteiger partial charge on any atom is 0.223 e. The molecular weight excluding hydrogens is 292 g/mol. The van der Waals surface area contributed by atoms with Crippen LogP contribution in [0.25, 0.3) is 0 Å². The lowest BCUT2D eigenvalue weighted by atomic mass is 9.84. The summed E-state index contributed by atoms with van der Waals surface area (Å²) >= 11 is 0. The van der Waals surface area contributed by atoms with Crippen molar-refractivity contribution in [2.24, 2.45) is 11.8 Å². The molecule has 2 fully saturated rings. The Balaban J connectivity index is 1.55. The predicted molar refractivity (Wildman–Crippen MR) is 87.7 cm³/mol. The first-order valence-corrected chi connectivity index (χ1v) is 8.73. The summed E-state index contributed by atoms with van der Waals surface area (Å²) in [5, 5.41) is 17.2. The van der Waals surface area contributed by atoms with E-state index in [0.29, 0.717) is 6.04 Å². The number of aliphatic hydroxyl groups is 1. The second-order valence-corrected chi connectivity index (χ2v) is 7.30. The van der Waals surface area contributed by atoms with E-state index in [-0.39, 0.29) is 30.4 Å². The van der Waals surface area contributed by atoms with E-state index < -0.39 is 0 Å². The van der Waals surface area contributed by atoms with Crippen molar-refractivity contribution in [3.05, 3.63) is 18.0 Å². The van der Waals surface area contributed by atoms with Crippen LogP contribution in [0, 0.1) is 11.8 Å². The topological polar surface area (TPSA) is 70.4 Å². The van der Waals surface area contributed by atoms with Crippen molar-refractivity contribution in [2.75, 3.05) is 19.7 Å². The van der Waals surface area contributed by atoms with Crippen LogP contribution in [0.5, 0.6) is 0 Å². The molecule has 2 N–H and O–H groups in total. The third-order valence-corrected chi connectivity index (χ3v) is 5.15. The van der Waals surface area contributed by atoms with Crippen molar-refractivity contribution in [3.8, 4) is 0 Å². The molecule has 0 radical (unpaired) electrons. The average molecular weight is 320 g/mol. The van der Waals surface area contributed by atoms with Gasteiger partial charge < -0.3 is 10.4 Å². The number of carbonyl (C=O) groups is 1. The zero-order chi connectivity index (χ0) is 16.4. The van der Waals surface area contributed by atoms with Crippen molar-refractivity contribution >= 4 is 5.91 Å². The van der Waals surface area contributed by atoms with Crippen molar-refractivity contribution in [2.45, 2.75) is 51.7 Å². The molecule has 6 nitrogen and oxygen atoms in total. The van der Waals surface area contributed by atoms with E-state index in [9.17, 15) is 9.90 Å². The van der Waals surface area contributed by atoms with Crippen LogP contribution in [-0.2, 0) is 11.3 Å². The Kier molecular flexibility index (Phi) is 5.02. The molecule has 1 aliphatic heterocycles. The van der Waals surface area contributed by atoms with E-state index in [2.05, 4.69) is 35.4 Å². The minimum Gasteiger partial charge on any atom is -0.396 e. The average Bonchev–Trinajstić information content (AvgIpc) is 3.04. The SMILES string of the molecule is CC(C)n1cc(CN2C[C@@H](CO)[C@H](NC(=O)C3CCC3)C2)cn1. The van der Waals surface area contributed by atoms with E-state index >= 15 is 0 Å². The Morgan fingerprint density at radius 2 is 2.22 bits per heavy atom. The third-order valence-electron chi connectivity index (χ3n) is 5.15. The summed E-state index contributed by atoms with van der Waals surface area (Å²) in [6, 6.07) is 0.426. The van der Waals surface area contributed by atoms with Crippen LogP contribution in [0.1, 0.15) is 44.7 Å². The minimum atomic E-state index is 0.0632. The molecule has 1 aliphatic carbocycles. The molecule has 3 rings (SSSR count). The second-order valence-electron chi connectivity index (χ2n) is 7.30. The Morgan fingerprint density at radius 3 is 2.78 bits per heavy atom. The molecule has 0 spiro atoms. The number of aliphatic hydroxyl groups excluding tert-OH is 1. The Hall–Kier alpha value is -1.40. The third kappa shape index (κ3) is 3.75. The smallest absolute Gasteiger partial charge is 0.223 e. The van der Waals surface area contributed by atoms with Gasteiger partial charge >= 0.3 is 0 Å². The molecule has 1 aromatic heterocycles. The molecule has 2 heterocycles. The van der Waals surface area contributed by atoms with Crippen molar-refractivity contribution in [1.82, 2.24) is 20.0 Å². The van der Waals surface area contributed by atoms with Gasteiger partial charge in [0.25, 0.3) is 0 Å². The summed E-state index contributed by atoms with van der Waals surface area (Å²) in [6.45, 7) is 6.78. The van der Waals surface area contributed by atoms with Gasteiger partial charge in [-0.2, -0.15) is 5.10 Å². The number of hydrogen-bond donors (Lipinski definition) is 2. The standard InChI is InChI=1S/C17H28N4O2/c1-12(2)21-8-13(6-18-21)7-20-9-15(11-22)16(10-20)19-17(23)14-4-3-5-14/h6,8,12,14-16,22H,3-5,7,9-11H2,1-2H3,(H,19,23)/t15-,16+/m0/s1. The van der Waals surface area contributed by atoms with Crippen LogP contribution in [0.15, 0.2) is 12.4 Å². The fraction of sp³-hybridized carbons (Fsp3) is 0.765. The van der Waals surface area contributed by atoms with Gasteiger partial charge in [0.2, 0.25) is 5.91 Å². The van der Waals surface area contributed by atoms with Crippen molar-refractivity contribution in [3.63, 3.8) is 0 Å². The quantitative estimate of drug-likeness (QED) is 0.825. The van der Waals surface area contributed by atoms with Gasteiger partial charge in [0.15, 0.2) is 0 Å². The molecule has 1 amide bonds. The monoisotopic (exact) mass is 320 g/mol. The highest BCUT2D eigenvalue weighted by molar-refractivity contribution is 5.79. The summed E-state index contributed by atoms with van der Waals surface area (Å²) in [7, 11) is 0.